The third-order valence-corrected chi connectivity index (χ3v) is 5.01. The van der Waals surface area contributed by atoms with Crippen LogP contribution >= 0.6 is 11.8 Å². The van der Waals surface area contributed by atoms with E-state index in [0.717, 1.165) is 18.6 Å². The van der Waals surface area contributed by atoms with Crippen LogP contribution in [0.25, 0.3) is 0 Å². The molecule has 1 aliphatic rings. The number of hydrogen-bond acceptors (Lipinski definition) is 4. The highest BCUT2D eigenvalue weighted by Gasteiger charge is 2.38. The van der Waals surface area contributed by atoms with Crippen molar-refractivity contribution in [2.24, 2.45) is 11.1 Å². The molecule has 1 heterocycles. The van der Waals surface area contributed by atoms with E-state index in [1.165, 1.54) is 10.5 Å². The molecule has 1 fully saturated rings. The van der Waals surface area contributed by atoms with Gasteiger partial charge in [-0.3, -0.25) is 4.79 Å². The van der Waals surface area contributed by atoms with Gasteiger partial charge in [0.1, 0.15) is 0 Å². The summed E-state index contributed by atoms with van der Waals surface area (Å²) >= 11 is 1.75. The van der Waals surface area contributed by atoms with Crippen molar-refractivity contribution in [3.8, 4) is 0 Å². The van der Waals surface area contributed by atoms with Crippen molar-refractivity contribution in [2.45, 2.75) is 24.7 Å². The fourth-order valence-electron chi connectivity index (χ4n) is 2.44. The molecule has 0 radical (unpaired) electrons. The Hall–Kier alpha value is -1.04. The second-order valence-electron chi connectivity index (χ2n) is 5.51. The molecule has 1 saturated heterocycles. The predicted molar refractivity (Wildman–Crippen MR) is 86.5 cm³/mol. The van der Waals surface area contributed by atoms with Crippen molar-refractivity contribution < 1.29 is 9.53 Å². The lowest BCUT2D eigenvalue weighted by molar-refractivity contribution is -0.135. The molecule has 116 valence electrons. The SMILES string of the molecule is Cc1ccc(SCCNC(=O)C2(CN)CCOCC2)cc1. The minimum Gasteiger partial charge on any atom is -0.381 e. The predicted octanol–water partition coefficient (Wildman–Crippen LogP) is 1.96. The normalized spacial score (nSPS) is 17.4. The third-order valence-electron chi connectivity index (χ3n) is 4.00. The maximum Gasteiger partial charge on any atom is 0.227 e. The summed E-state index contributed by atoms with van der Waals surface area (Å²) in [5.74, 6) is 0.948. The Labute approximate surface area is 130 Å². The average Bonchev–Trinajstić information content (AvgIpc) is 2.53. The van der Waals surface area contributed by atoms with Crippen molar-refractivity contribution in [1.82, 2.24) is 5.32 Å². The highest BCUT2D eigenvalue weighted by atomic mass is 32.2. The molecule has 0 bridgehead atoms. The van der Waals surface area contributed by atoms with Gasteiger partial charge < -0.3 is 15.8 Å². The fraction of sp³-hybridized carbons (Fsp3) is 0.562. The van der Waals surface area contributed by atoms with E-state index in [0.29, 0.717) is 26.3 Å². The molecule has 1 aliphatic heterocycles. The lowest BCUT2D eigenvalue weighted by atomic mass is 9.79. The van der Waals surface area contributed by atoms with Crippen LogP contribution in [-0.2, 0) is 9.53 Å². The van der Waals surface area contributed by atoms with Gasteiger partial charge in [0.05, 0.1) is 5.41 Å². The fourth-order valence-corrected chi connectivity index (χ4v) is 3.21. The molecule has 0 atom stereocenters. The maximum absolute atomic E-state index is 12.4. The van der Waals surface area contributed by atoms with Gasteiger partial charge >= 0.3 is 0 Å². The van der Waals surface area contributed by atoms with Crippen LogP contribution in [0.4, 0.5) is 0 Å². The van der Waals surface area contributed by atoms with Gasteiger partial charge in [0.25, 0.3) is 0 Å². The highest BCUT2D eigenvalue weighted by Crippen LogP contribution is 2.29. The van der Waals surface area contributed by atoms with E-state index >= 15 is 0 Å². The van der Waals surface area contributed by atoms with Crippen LogP contribution in [0, 0.1) is 12.3 Å². The van der Waals surface area contributed by atoms with E-state index < -0.39 is 5.41 Å². The zero-order valence-electron chi connectivity index (χ0n) is 12.6. The zero-order chi connectivity index (χ0) is 15.1. The summed E-state index contributed by atoms with van der Waals surface area (Å²) in [6.07, 6.45) is 1.45. The van der Waals surface area contributed by atoms with Crippen molar-refractivity contribution in [3.63, 3.8) is 0 Å². The van der Waals surface area contributed by atoms with Crippen LogP contribution in [-0.4, -0.2) is 38.0 Å². The first-order valence-electron chi connectivity index (χ1n) is 7.42. The van der Waals surface area contributed by atoms with Gasteiger partial charge in [-0.25, -0.2) is 0 Å². The summed E-state index contributed by atoms with van der Waals surface area (Å²) in [6, 6.07) is 8.43. The first-order valence-corrected chi connectivity index (χ1v) is 8.40. The number of thioether (sulfide) groups is 1. The Kier molecular flexibility index (Phi) is 6.08. The molecule has 0 unspecified atom stereocenters. The average molecular weight is 308 g/mol. The van der Waals surface area contributed by atoms with Gasteiger partial charge in [0.15, 0.2) is 0 Å². The van der Waals surface area contributed by atoms with E-state index in [4.69, 9.17) is 10.5 Å². The molecule has 2 rings (SSSR count). The summed E-state index contributed by atoms with van der Waals surface area (Å²) in [4.78, 5) is 13.6. The molecular formula is C16H24N2O2S. The largest absolute Gasteiger partial charge is 0.381 e. The maximum atomic E-state index is 12.4. The Morgan fingerprint density at radius 1 is 1.33 bits per heavy atom. The second-order valence-corrected chi connectivity index (χ2v) is 6.68. The highest BCUT2D eigenvalue weighted by molar-refractivity contribution is 7.99. The molecule has 1 aromatic carbocycles. The molecule has 0 aliphatic carbocycles. The first kappa shape index (κ1) is 16.3. The topological polar surface area (TPSA) is 64.4 Å². The van der Waals surface area contributed by atoms with Gasteiger partial charge in [-0.1, -0.05) is 17.7 Å². The first-order chi connectivity index (χ1) is 10.2. The van der Waals surface area contributed by atoms with E-state index in [2.05, 4.69) is 36.5 Å². The number of rotatable bonds is 6. The number of carbonyl (C=O) groups is 1. The van der Waals surface area contributed by atoms with E-state index in [1.54, 1.807) is 11.8 Å². The molecule has 1 aromatic rings. The van der Waals surface area contributed by atoms with Crippen molar-refractivity contribution in [2.75, 3.05) is 32.1 Å². The molecule has 0 spiro atoms. The summed E-state index contributed by atoms with van der Waals surface area (Å²) in [7, 11) is 0. The Bertz CT molecular complexity index is 456. The number of hydrogen-bond donors (Lipinski definition) is 2. The van der Waals surface area contributed by atoms with Crippen molar-refractivity contribution in [1.29, 1.82) is 0 Å². The van der Waals surface area contributed by atoms with Crippen LogP contribution in [0.2, 0.25) is 0 Å². The molecule has 3 N–H and O–H groups in total. The minimum absolute atomic E-state index is 0.0813. The summed E-state index contributed by atoms with van der Waals surface area (Å²) in [5.41, 5.74) is 6.66. The number of nitrogens with two attached hydrogens (primary N) is 1. The number of ether oxygens (including phenoxy) is 1. The summed E-state index contributed by atoms with van der Waals surface area (Å²) < 4.78 is 5.33. The quantitative estimate of drug-likeness (QED) is 0.623. The summed E-state index contributed by atoms with van der Waals surface area (Å²) in [6.45, 7) is 4.40. The number of nitrogens with one attached hydrogen (secondary N) is 1. The molecule has 1 amide bonds. The van der Waals surface area contributed by atoms with E-state index in [9.17, 15) is 4.79 Å². The van der Waals surface area contributed by atoms with E-state index in [-0.39, 0.29) is 5.91 Å². The minimum atomic E-state index is -0.424. The lowest BCUT2D eigenvalue weighted by Crippen LogP contribution is -2.49. The van der Waals surface area contributed by atoms with Crippen LogP contribution in [0.1, 0.15) is 18.4 Å². The third kappa shape index (κ3) is 4.46. The van der Waals surface area contributed by atoms with Crippen molar-refractivity contribution >= 4 is 17.7 Å². The smallest absolute Gasteiger partial charge is 0.227 e. The number of carbonyl (C=O) groups excluding carboxylic acids is 1. The number of aryl methyl sites for hydroxylation is 1. The van der Waals surface area contributed by atoms with Crippen molar-refractivity contribution in [3.05, 3.63) is 29.8 Å². The standard InChI is InChI=1S/C16H24N2O2S/c1-13-2-4-14(5-3-13)21-11-8-18-15(19)16(12-17)6-9-20-10-7-16/h2-5H,6-12,17H2,1H3,(H,18,19). The van der Waals surface area contributed by atoms with Crippen LogP contribution < -0.4 is 11.1 Å². The van der Waals surface area contributed by atoms with Crippen LogP contribution in [0.3, 0.4) is 0 Å². The van der Waals surface area contributed by atoms with Gasteiger partial charge in [-0.05, 0) is 31.9 Å². The van der Waals surface area contributed by atoms with Gasteiger partial charge in [0.2, 0.25) is 5.91 Å². The van der Waals surface area contributed by atoms with Crippen LogP contribution in [0.15, 0.2) is 29.2 Å². The Morgan fingerprint density at radius 3 is 2.62 bits per heavy atom. The van der Waals surface area contributed by atoms with E-state index in [1.807, 2.05) is 0 Å². The van der Waals surface area contributed by atoms with Crippen LogP contribution in [0.5, 0.6) is 0 Å². The second kappa shape index (κ2) is 7.82. The lowest BCUT2D eigenvalue weighted by Gasteiger charge is -2.34. The number of amides is 1. The van der Waals surface area contributed by atoms with Gasteiger partial charge in [-0.2, -0.15) is 0 Å². The Morgan fingerprint density at radius 2 is 2.00 bits per heavy atom. The molecular weight excluding hydrogens is 284 g/mol. The molecule has 5 heteroatoms. The van der Waals surface area contributed by atoms with Gasteiger partial charge in [-0.15, -0.1) is 11.8 Å². The number of benzene rings is 1. The Balaban J connectivity index is 1.74. The monoisotopic (exact) mass is 308 g/mol. The zero-order valence-corrected chi connectivity index (χ0v) is 13.4. The molecule has 4 nitrogen and oxygen atoms in total. The van der Waals surface area contributed by atoms with Gasteiger partial charge in [0, 0.05) is 37.0 Å². The molecule has 21 heavy (non-hydrogen) atoms. The summed E-state index contributed by atoms with van der Waals surface area (Å²) in [5, 5.41) is 3.03. The molecule has 0 saturated carbocycles. The molecule has 0 aromatic heterocycles.